The van der Waals surface area contributed by atoms with Gasteiger partial charge in [-0.3, -0.25) is 9.69 Å². The molecule has 1 aliphatic carbocycles. The highest BCUT2D eigenvalue weighted by Gasteiger charge is 2.31. The molecule has 156 valence electrons. The molecule has 1 saturated heterocycles. The summed E-state index contributed by atoms with van der Waals surface area (Å²) in [5, 5.41) is 4.77. The summed E-state index contributed by atoms with van der Waals surface area (Å²) in [5.74, 6) is 1.52. The number of hydrogen-bond acceptors (Lipinski definition) is 5. The van der Waals surface area contributed by atoms with E-state index >= 15 is 0 Å². The maximum absolute atomic E-state index is 13.0. The minimum absolute atomic E-state index is 0.0642. The van der Waals surface area contributed by atoms with Gasteiger partial charge in [0.25, 0.3) is 0 Å². The summed E-state index contributed by atoms with van der Waals surface area (Å²) in [4.78, 5) is 21.9. The maximum atomic E-state index is 13.0. The number of halogens is 1. The first-order valence-corrected chi connectivity index (χ1v) is 11.1. The van der Waals surface area contributed by atoms with Crippen molar-refractivity contribution in [2.75, 3.05) is 20.1 Å². The van der Waals surface area contributed by atoms with E-state index in [1.165, 1.54) is 19.3 Å². The van der Waals surface area contributed by atoms with E-state index in [1.807, 2.05) is 36.2 Å². The predicted molar refractivity (Wildman–Crippen MR) is 112 cm³/mol. The summed E-state index contributed by atoms with van der Waals surface area (Å²) < 4.78 is 5.46. The van der Waals surface area contributed by atoms with Crippen LogP contribution in [0, 0.1) is 5.92 Å². The Morgan fingerprint density at radius 1 is 1.17 bits per heavy atom. The van der Waals surface area contributed by atoms with Crippen molar-refractivity contribution < 1.29 is 9.32 Å². The van der Waals surface area contributed by atoms with Crippen LogP contribution >= 0.6 is 11.6 Å². The fraction of sp³-hybridized carbons (Fsp3) is 0.591. The van der Waals surface area contributed by atoms with Crippen molar-refractivity contribution in [1.29, 1.82) is 0 Å². The van der Waals surface area contributed by atoms with E-state index in [0.29, 0.717) is 35.2 Å². The molecule has 7 heteroatoms. The summed E-state index contributed by atoms with van der Waals surface area (Å²) in [6.07, 6.45) is 8.07. The van der Waals surface area contributed by atoms with Gasteiger partial charge in [-0.15, -0.1) is 0 Å². The number of carbonyl (C=O) groups is 1. The zero-order valence-corrected chi connectivity index (χ0v) is 17.8. The number of amides is 1. The molecule has 0 spiro atoms. The van der Waals surface area contributed by atoms with E-state index in [4.69, 9.17) is 16.1 Å². The molecule has 1 aliphatic heterocycles. The number of likely N-dealkylation sites (tertiary alicyclic amines) is 1. The average Bonchev–Trinajstić information content (AvgIpc) is 3.22. The lowest BCUT2D eigenvalue weighted by molar-refractivity contribution is -0.138. The van der Waals surface area contributed by atoms with Crippen molar-refractivity contribution >= 4 is 17.5 Å². The molecule has 0 bridgehead atoms. The Balaban J connectivity index is 1.35. The van der Waals surface area contributed by atoms with Crippen LogP contribution in [0.4, 0.5) is 0 Å². The Hall–Kier alpha value is -1.92. The van der Waals surface area contributed by atoms with Gasteiger partial charge in [0.05, 0.1) is 12.5 Å². The maximum Gasteiger partial charge on any atom is 0.241 e. The molecular formula is C22H29ClN4O2. The van der Waals surface area contributed by atoms with Gasteiger partial charge >= 0.3 is 0 Å². The fourth-order valence-corrected chi connectivity index (χ4v) is 4.69. The summed E-state index contributed by atoms with van der Waals surface area (Å²) in [6, 6.07) is 7.82. The summed E-state index contributed by atoms with van der Waals surface area (Å²) in [6.45, 7) is 2.29. The molecule has 1 amide bonds. The molecule has 1 aromatic heterocycles. The Morgan fingerprint density at radius 2 is 1.93 bits per heavy atom. The highest BCUT2D eigenvalue weighted by molar-refractivity contribution is 6.30. The highest BCUT2D eigenvalue weighted by atomic mass is 35.5. The smallest absolute Gasteiger partial charge is 0.241 e. The first-order valence-electron chi connectivity index (χ1n) is 10.7. The number of piperidine rings is 1. The van der Waals surface area contributed by atoms with Crippen LogP contribution in [0.1, 0.15) is 50.8 Å². The minimum atomic E-state index is 0.0642. The van der Waals surface area contributed by atoms with Gasteiger partial charge in [-0.05, 0) is 56.5 Å². The first kappa shape index (κ1) is 20.4. The zero-order valence-electron chi connectivity index (χ0n) is 17.0. The van der Waals surface area contributed by atoms with Crippen molar-refractivity contribution in [1.82, 2.24) is 19.9 Å². The van der Waals surface area contributed by atoms with E-state index in [0.717, 1.165) is 44.3 Å². The molecule has 0 N–H and O–H groups in total. The van der Waals surface area contributed by atoms with Crippen LogP contribution in [0.5, 0.6) is 0 Å². The number of carbonyl (C=O) groups excluding carboxylic acids is 1. The molecule has 2 aromatic rings. The van der Waals surface area contributed by atoms with Crippen molar-refractivity contribution in [3.8, 4) is 11.4 Å². The van der Waals surface area contributed by atoms with E-state index in [1.54, 1.807) is 0 Å². The average molecular weight is 417 g/mol. The molecule has 0 radical (unpaired) electrons. The van der Waals surface area contributed by atoms with E-state index in [9.17, 15) is 4.79 Å². The largest absolute Gasteiger partial charge is 0.342 e. The molecule has 1 saturated carbocycles. The Kier molecular flexibility index (Phi) is 6.50. The lowest BCUT2D eigenvalue weighted by atomic mass is 9.91. The fourth-order valence-electron chi connectivity index (χ4n) is 4.56. The quantitative estimate of drug-likeness (QED) is 0.723. The van der Waals surface area contributed by atoms with Crippen molar-refractivity contribution in [3.05, 3.63) is 35.2 Å². The standard InChI is InChI=1S/C22H29ClN4O2/c1-26(19-7-3-2-4-8-19)22(28)17-6-5-13-27(14-17)15-20-24-21(25-29-20)16-9-11-18(23)12-10-16/h9-12,17,19H,2-8,13-15H2,1H3. The topological polar surface area (TPSA) is 62.5 Å². The number of aromatic nitrogens is 2. The summed E-state index contributed by atoms with van der Waals surface area (Å²) in [5.41, 5.74) is 0.880. The lowest BCUT2D eigenvalue weighted by Crippen LogP contribution is -2.47. The zero-order chi connectivity index (χ0) is 20.2. The molecule has 4 rings (SSSR count). The summed E-state index contributed by atoms with van der Waals surface area (Å²) >= 11 is 5.94. The molecular weight excluding hydrogens is 388 g/mol. The molecule has 29 heavy (non-hydrogen) atoms. The monoisotopic (exact) mass is 416 g/mol. The van der Waals surface area contributed by atoms with Crippen molar-refractivity contribution in [2.24, 2.45) is 5.92 Å². The van der Waals surface area contributed by atoms with Crippen LogP contribution < -0.4 is 0 Å². The van der Waals surface area contributed by atoms with Gasteiger partial charge in [0.1, 0.15) is 0 Å². The number of benzene rings is 1. The molecule has 1 unspecified atom stereocenters. The SMILES string of the molecule is CN(C(=O)C1CCCN(Cc2nc(-c3ccc(Cl)cc3)no2)C1)C1CCCCC1. The van der Waals surface area contributed by atoms with Crippen LogP contribution in [0.25, 0.3) is 11.4 Å². The highest BCUT2D eigenvalue weighted by Crippen LogP contribution is 2.26. The second-order valence-electron chi connectivity index (χ2n) is 8.33. The third-order valence-electron chi connectivity index (χ3n) is 6.25. The Bertz CT molecular complexity index is 816. The van der Waals surface area contributed by atoms with E-state index < -0.39 is 0 Å². The second kappa shape index (κ2) is 9.26. The number of rotatable bonds is 5. The number of hydrogen-bond donors (Lipinski definition) is 0. The molecule has 2 fully saturated rings. The predicted octanol–water partition coefficient (Wildman–Crippen LogP) is 4.39. The number of nitrogens with zero attached hydrogens (tertiary/aromatic N) is 4. The minimum Gasteiger partial charge on any atom is -0.342 e. The summed E-state index contributed by atoms with van der Waals surface area (Å²) in [7, 11) is 1.99. The van der Waals surface area contributed by atoms with Crippen LogP contribution in [0.3, 0.4) is 0 Å². The van der Waals surface area contributed by atoms with Crippen molar-refractivity contribution in [2.45, 2.75) is 57.5 Å². The van der Waals surface area contributed by atoms with Gasteiger partial charge < -0.3 is 9.42 Å². The second-order valence-corrected chi connectivity index (χ2v) is 8.77. The van der Waals surface area contributed by atoms with Gasteiger partial charge in [-0.25, -0.2) is 0 Å². The Morgan fingerprint density at radius 3 is 2.69 bits per heavy atom. The van der Waals surface area contributed by atoms with Crippen LogP contribution in [0.15, 0.2) is 28.8 Å². The third kappa shape index (κ3) is 4.98. The molecule has 1 aromatic carbocycles. The normalized spacial score (nSPS) is 21.2. The molecule has 6 nitrogen and oxygen atoms in total. The first-order chi connectivity index (χ1) is 14.1. The molecule has 2 aliphatic rings. The van der Waals surface area contributed by atoms with Gasteiger partial charge in [0.2, 0.25) is 17.6 Å². The lowest BCUT2D eigenvalue weighted by Gasteiger charge is -2.37. The van der Waals surface area contributed by atoms with Gasteiger partial charge in [-0.2, -0.15) is 4.98 Å². The van der Waals surface area contributed by atoms with Gasteiger partial charge in [-0.1, -0.05) is 36.0 Å². The molecule has 2 heterocycles. The van der Waals surface area contributed by atoms with E-state index in [2.05, 4.69) is 15.0 Å². The van der Waals surface area contributed by atoms with Crippen LogP contribution in [0.2, 0.25) is 5.02 Å². The van der Waals surface area contributed by atoms with Gasteiger partial charge in [0.15, 0.2) is 0 Å². The Labute approximate surface area is 177 Å². The van der Waals surface area contributed by atoms with Crippen molar-refractivity contribution in [3.63, 3.8) is 0 Å². The third-order valence-corrected chi connectivity index (χ3v) is 6.51. The van der Waals surface area contributed by atoms with Crippen LogP contribution in [-0.2, 0) is 11.3 Å². The van der Waals surface area contributed by atoms with Gasteiger partial charge in [0, 0.05) is 30.2 Å². The molecule has 1 atom stereocenters. The van der Waals surface area contributed by atoms with E-state index in [-0.39, 0.29) is 5.92 Å². The van der Waals surface area contributed by atoms with Crippen LogP contribution in [-0.4, -0.2) is 52.0 Å².